The van der Waals surface area contributed by atoms with Gasteiger partial charge >= 0.3 is 0 Å². The summed E-state index contributed by atoms with van der Waals surface area (Å²) in [5.41, 5.74) is 2.47. The molecule has 3 aromatic rings. The SMILES string of the molecule is C[C@@H](Nc1ncnc2sc3c(c12)CCN(C(=O)C=CCN(C)C)C3)c1ccc(Br)cc1. The Morgan fingerprint density at radius 1 is 1.32 bits per heavy atom. The molecule has 162 valence electrons. The largest absolute Gasteiger partial charge is 0.363 e. The van der Waals surface area contributed by atoms with E-state index in [0.29, 0.717) is 13.1 Å². The summed E-state index contributed by atoms with van der Waals surface area (Å²) in [5.74, 6) is 0.932. The molecular weight excluding hydrogens is 474 g/mol. The maximum atomic E-state index is 12.6. The van der Waals surface area contributed by atoms with Crippen LogP contribution in [0.3, 0.4) is 0 Å². The first-order valence-electron chi connectivity index (χ1n) is 10.3. The lowest BCUT2D eigenvalue weighted by atomic mass is 10.0. The summed E-state index contributed by atoms with van der Waals surface area (Å²) in [5, 5.41) is 4.67. The zero-order chi connectivity index (χ0) is 22.0. The van der Waals surface area contributed by atoms with Crippen molar-refractivity contribution in [1.82, 2.24) is 19.8 Å². The van der Waals surface area contributed by atoms with Gasteiger partial charge in [0.2, 0.25) is 5.91 Å². The smallest absolute Gasteiger partial charge is 0.246 e. The highest BCUT2D eigenvalue weighted by molar-refractivity contribution is 9.10. The van der Waals surface area contributed by atoms with Crippen molar-refractivity contribution in [3.63, 3.8) is 0 Å². The fourth-order valence-electron chi connectivity index (χ4n) is 3.73. The summed E-state index contributed by atoms with van der Waals surface area (Å²) in [7, 11) is 3.98. The lowest BCUT2D eigenvalue weighted by Crippen LogP contribution is -2.34. The Bertz CT molecular complexity index is 1110. The molecule has 2 aromatic heterocycles. The van der Waals surface area contributed by atoms with Crippen molar-refractivity contribution < 1.29 is 4.79 Å². The Labute approximate surface area is 195 Å². The molecule has 3 heterocycles. The van der Waals surface area contributed by atoms with Gasteiger partial charge in [-0.15, -0.1) is 11.3 Å². The lowest BCUT2D eigenvalue weighted by molar-refractivity contribution is -0.126. The quantitative estimate of drug-likeness (QED) is 0.501. The normalized spacial score (nSPS) is 14.9. The first-order chi connectivity index (χ1) is 14.9. The molecule has 0 radical (unpaired) electrons. The van der Waals surface area contributed by atoms with Gasteiger partial charge in [-0.3, -0.25) is 4.79 Å². The molecule has 1 amide bonds. The fourth-order valence-corrected chi connectivity index (χ4v) is 5.20. The molecule has 0 unspecified atom stereocenters. The van der Waals surface area contributed by atoms with Crippen LogP contribution in [-0.2, 0) is 17.8 Å². The van der Waals surface area contributed by atoms with Crippen molar-refractivity contribution in [1.29, 1.82) is 0 Å². The van der Waals surface area contributed by atoms with Crippen LogP contribution in [0.4, 0.5) is 5.82 Å². The fraction of sp³-hybridized carbons (Fsp3) is 0.348. The minimum atomic E-state index is 0.0678. The van der Waals surface area contributed by atoms with Crippen LogP contribution in [-0.4, -0.2) is 52.9 Å². The number of anilines is 1. The van der Waals surface area contributed by atoms with E-state index in [0.717, 1.165) is 33.5 Å². The predicted octanol–water partition coefficient (Wildman–Crippen LogP) is 4.63. The van der Waals surface area contributed by atoms with Crippen LogP contribution in [0.2, 0.25) is 0 Å². The standard InChI is InChI=1S/C23H26BrN5OS/c1-15(16-6-8-17(24)9-7-16)27-22-21-18-10-12-29(20(30)5-4-11-28(2)3)13-19(18)31-23(21)26-14-25-22/h4-9,14-15H,10-13H2,1-3H3,(H,25,26,27)/t15-/m1/s1. The summed E-state index contributed by atoms with van der Waals surface area (Å²) < 4.78 is 1.07. The van der Waals surface area contributed by atoms with Gasteiger partial charge in [0, 0.05) is 34.6 Å². The Kier molecular flexibility index (Phi) is 6.69. The molecule has 0 saturated carbocycles. The topological polar surface area (TPSA) is 61.4 Å². The maximum absolute atomic E-state index is 12.6. The average Bonchev–Trinajstić information content (AvgIpc) is 3.12. The number of fused-ring (bicyclic) bond motifs is 3. The zero-order valence-corrected chi connectivity index (χ0v) is 20.3. The number of rotatable bonds is 6. The summed E-state index contributed by atoms with van der Waals surface area (Å²) in [6.07, 6.45) is 6.04. The van der Waals surface area contributed by atoms with Crippen LogP contribution in [0.15, 0.2) is 47.2 Å². The molecule has 0 bridgehead atoms. The molecule has 0 saturated heterocycles. The van der Waals surface area contributed by atoms with E-state index in [1.807, 2.05) is 42.1 Å². The van der Waals surface area contributed by atoms with Gasteiger partial charge in [0.05, 0.1) is 11.9 Å². The Morgan fingerprint density at radius 2 is 2.10 bits per heavy atom. The number of aromatic nitrogens is 2. The lowest BCUT2D eigenvalue weighted by Gasteiger charge is -2.26. The zero-order valence-electron chi connectivity index (χ0n) is 17.9. The van der Waals surface area contributed by atoms with Crippen molar-refractivity contribution in [3.05, 3.63) is 63.2 Å². The second-order valence-electron chi connectivity index (χ2n) is 8.00. The number of likely N-dealkylation sites (N-methyl/N-ethyl adjacent to an activating group) is 1. The molecule has 4 rings (SSSR count). The summed E-state index contributed by atoms with van der Waals surface area (Å²) in [6, 6.07) is 8.43. The van der Waals surface area contributed by atoms with Gasteiger partial charge in [-0.1, -0.05) is 34.1 Å². The number of carbonyl (C=O) groups is 1. The van der Waals surface area contributed by atoms with Gasteiger partial charge < -0.3 is 15.1 Å². The maximum Gasteiger partial charge on any atom is 0.246 e. The second-order valence-corrected chi connectivity index (χ2v) is 10.00. The van der Waals surface area contributed by atoms with Gasteiger partial charge in [-0.05, 0) is 50.7 Å². The number of benzene rings is 1. The molecule has 6 nitrogen and oxygen atoms in total. The summed E-state index contributed by atoms with van der Waals surface area (Å²) in [6.45, 7) is 4.23. The Balaban J connectivity index is 1.55. The van der Waals surface area contributed by atoms with Crippen LogP contribution in [0, 0.1) is 0 Å². The molecular formula is C23H26BrN5OS. The number of hydrogen-bond acceptors (Lipinski definition) is 6. The molecule has 0 fully saturated rings. The highest BCUT2D eigenvalue weighted by Gasteiger charge is 2.25. The van der Waals surface area contributed by atoms with E-state index in [1.165, 1.54) is 16.0 Å². The number of nitrogens with zero attached hydrogens (tertiary/aromatic N) is 4. The van der Waals surface area contributed by atoms with E-state index >= 15 is 0 Å². The first kappa shape index (κ1) is 21.9. The molecule has 8 heteroatoms. The first-order valence-corrected chi connectivity index (χ1v) is 11.9. The van der Waals surface area contributed by atoms with E-state index in [9.17, 15) is 4.79 Å². The summed E-state index contributed by atoms with van der Waals surface area (Å²) in [4.78, 5) is 27.8. The highest BCUT2D eigenvalue weighted by atomic mass is 79.9. The van der Waals surface area contributed by atoms with Crippen LogP contribution >= 0.6 is 27.3 Å². The summed E-state index contributed by atoms with van der Waals surface area (Å²) >= 11 is 5.16. The van der Waals surface area contributed by atoms with Gasteiger partial charge in [0.1, 0.15) is 17.0 Å². The van der Waals surface area contributed by atoms with Crippen LogP contribution in [0.5, 0.6) is 0 Å². The molecule has 1 aliphatic rings. The van der Waals surface area contributed by atoms with Crippen molar-refractivity contribution >= 4 is 49.2 Å². The third-order valence-corrected chi connectivity index (χ3v) is 7.06. The number of amides is 1. The molecule has 0 aliphatic carbocycles. The third-order valence-electron chi connectivity index (χ3n) is 5.40. The van der Waals surface area contributed by atoms with Crippen molar-refractivity contribution in [2.45, 2.75) is 25.9 Å². The van der Waals surface area contributed by atoms with Crippen molar-refractivity contribution in [3.8, 4) is 0 Å². The average molecular weight is 500 g/mol. The number of halogens is 1. The number of thiophene rings is 1. The minimum absolute atomic E-state index is 0.0678. The van der Waals surface area contributed by atoms with E-state index in [4.69, 9.17) is 0 Å². The van der Waals surface area contributed by atoms with Crippen molar-refractivity contribution in [2.75, 3.05) is 32.5 Å². The van der Waals surface area contributed by atoms with Crippen LogP contribution in [0.25, 0.3) is 10.2 Å². The number of nitrogens with one attached hydrogen (secondary N) is 1. The highest BCUT2D eigenvalue weighted by Crippen LogP contribution is 2.38. The Hall–Kier alpha value is -2.29. The van der Waals surface area contributed by atoms with E-state index in [1.54, 1.807) is 23.7 Å². The minimum Gasteiger partial charge on any atom is -0.363 e. The van der Waals surface area contributed by atoms with Crippen LogP contribution in [0.1, 0.15) is 29.0 Å². The number of hydrogen-bond donors (Lipinski definition) is 1. The van der Waals surface area contributed by atoms with Gasteiger partial charge in [0.25, 0.3) is 0 Å². The molecule has 1 N–H and O–H groups in total. The van der Waals surface area contributed by atoms with Gasteiger partial charge in [0.15, 0.2) is 0 Å². The predicted molar refractivity (Wildman–Crippen MR) is 130 cm³/mol. The molecule has 1 aromatic carbocycles. The third kappa shape index (κ3) is 4.97. The van der Waals surface area contributed by atoms with E-state index in [2.05, 4.69) is 50.3 Å². The second kappa shape index (κ2) is 9.46. The molecule has 31 heavy (non-hydrogen) atoms. The molecule has 1 aliphatic heterocycles. The van der Waals surface area contributed by atoms with E-state index in [-0.39, 0.29) is 11.9 Å². The monoisotopic (exact) mass is 499 g/mol. The number of carbonyl (C=O) groups excluding carboxylic acids is 1. The van der Waals surface area contributed by atoms with Gasteiger partial charge in [-0.25, -0.2) is 9.97 Å². The molecule has 0 spiro atoms. The van der Waals surface area contributed by atoms with Gasteiger partial charge in [-0.2, -0.15) is 0 Å². The molecule has 1 atom stereocenters. The van der Waals surface area contributed by atoms with E-state index < -0.39 is 0 Å². The van der Waals surface area contributed by atoms with Crippen LogP contribution < -0.4 is 5.32 Å². The van der Waals surface area contributed by atoms with Crippen molar-refractivity contribution in [2.24, 2.45) is 0 Å². The Morgan fingerprint density at radius 3 is 2.84 bits per heavy atom.